The summed E-state index contributed by atoms with van der Waals surface area (Å²) >= 11 is 0. The Morgan fingerprint density at radius 2 is 2.03 bits per heavy atom. The van der Waals surface area contributed by atoms with Crippen molar-refractivity contribution in [2.24, 2.45) is 0 Å². The predicted molar refractivity (Wildman–Crippen MR) is 98.7 cm³/mol. The van der Waals surface area contributed by atoms with E-state index >= 15 is 0 Å². The maximum Gasteiger partial charge on any atom is 0.416 e. The number of carbonyl (C=O) groups excluding carboxylic acids is 1. The first kappa shape index (κ1) is 19.4. The normalized spacial score (nSPS) is 11.7. The van der Waals surface area contributed by atoms with Gasteiger partial charge in [-0.3, -0.25) is 14.2 Å². The maximum atomic E-state index is 13.0. The van der Waals surface area contributed by atoms with Gasteiger partial charge in [0.1, 0.15) is 24.0 Å². The number of furan rings is 1. The van der Waals surface area contributed by atoms with Gasteiger partial charge in [0.25, 0.3) is 5.56 Å². The third-order valence-electron chi connectivity index (χ3n) is 4.33. The molecule has 4 aromatic rings. The molecule has 0 saturated heterocycles. The first-order chi connectivity index (χ1) is 14.3. The molecule has 0 spiro atoms. The minimum Gasteiger partial charge on any atom is -0.467 e. The molecule has 3 aromatic heterocycles. The van der Waals surface area contributed by atoms with Gasteiger partial charge in [0.15, 0.2) is 5.65 Å². The van der Waals surface area contributed by atoms with Gasteiger partial charge in [0.05, 0.1) is 30.3 Å². The molecule has 4 rings (SSSR count). The van der Waals surface area contributed by atoms with Crippen molar-refractivity contribution in [3.05, 3.63) is 76.9 Å². The Kier molecular flexibility index (Phi) is 4.86. The summed E-state index contributed by atoms with van der Waals surface area (Å²) in [5, 5.41) is 6.69. The highest BCUT2D eigenvalue weighted by atomic mass is 19.4. The second kappa shape index (κ2) is 7.50. The molecule has 0 radical (unpaired) electrons. The lowest BCUT2D eigenvalue weighted by Crippen LogP contribution is -2.32. The second-order valence-electron chi connectivity index (χ2n) is 6.38. The Bertz CT molecular complexity index is 1260. The van der Waals surface area contributed by atoms with Gasteiger partial charge in [-0.05, 0) is 30.3 Å². The maximum absolute atomic E-state index is 13.0. The summed E-state index contributed by atoms with van der Waals surface area (Å²) < 4.78 is 46.3. The van der Waals surface area contributed by atoms with Crippen LogP contribution in [-0.4, -0.2) is 25.2 Å². The molecular weight excluding hydrogens is 403 g/mol. The fraction of sp³-hybridized carbons (Fsp3) is 0.158. The van der Waals surface area contributed by atoms with Crippen LogP contribution in [0, 0.1) is 0 Å². The number of aromatic nitrogens is 4. The third kappa shape index (κ3) is 3.81. The van der Waals surface area contributed by atoms with E-state index in [9.17, 15) is 22.8 Å². The number of hydrogen-bond donors (Lipinski definition) is 1. The lowest BCUT2D eigenvalue weighted by atomic mass is 10.2. The Morgan fingerprint density at radius 1 is 1.20 bits per heavy atom. The molecule has 30 heavy (non-hydrogen) atoms. The molecule has 3 heterocycles. The summed E-state index contributed by atoms with van der Waals surface area (Å²) in [6, 6.07) is 7.92. The Labute approximate surface area is 166 Å². The molecule has 0 aliphatic carbocycles. The molecule has 154 valence electrons. The topological polar surface area (TPSA) is 95.0 Å². The van der Waals surface area contributed by atoms with Crippen LogP contribution < -0.4 is 10.9 Å². The van der Waals surface area contributed by atoms with Crippen molar-refractivity contribution in [3.63, 3.8) is 0 Å². The first-order valence-corrected chi connectivity index (χ1v) is 8.73. The van der Waals surface area contributed by atoms with E-state index < -0.39 is 23.2 Å². The summed E-state index contributed by atoms with van der Waals surface area (Å²) in [5.74, 6) is 0.131. The van der Waals surface area contributed by atoms with E-state index in [-0.39, 0.29) is 29.8 Å². The van der Waals surface area contributed by atoms with Crippen molar-refractivity contribution in [1.82, 2.24) is 24.6 Å². The average molecular weight is 417 g/mol. The van der Waals surface area contributed by atoms with Gasteiger partial charge < -0.3 is 9.73 Å². The molecule has 0 saturated carbocycles. The molecule has 8 nitrogen and oxygen atoms in total. The summed E-state index contributed by atoms with van der Waals surface area (Å²) in [6.07, 6.45) is -0.668. The lowest BCUT2D eigenvalue weighted by molar-refractivity contribution is -0.137. The molecule has 1 amide bonds. The zero-order chi connectivity index (χ0) is 21.3. The second-order valence-corrected chi connectivity index (χ2v) is 6.38. The highest BCUT2D eigenvalue weighted by molar-refractivity contribution is 5.77. The summed E-state index contributed by atoms with van der Waals surface area (Å²) in [6.45, 7) is -0.110. The van der Waals surface area contributed by atoms with Crippen LogP contribution in [0.4, 0.5) is 13.2 Å². The Morgan fingerprint density at radius 3 is 2.77 bits per heavy atom. The van der Waals surface area contributed by atoms with Gasteiger partial charge >= 0.3 is 6.18 Å². The smallest absolute Gasteiger partial charge is 0.416 e. The molecular formula is C19H14F3N5O3. The zero-order valence-corrected chi connectivity index (χ0v) is 15.3. The molecule has 1 aromatic carbocycles. The third-order valence-corrected chi connectivity index (χ3v) is 4.33. The van der Waals surface area contributed by atoms with Crippen LogP contribution >= 0.6 is 0 Å². The number of rotatable bonds is 5. The minimum atomic E-state index is -4.51. The SMILES string of the molecule is O=C(Cn1cnc2c(cnn2-c2cccc(C(F)(F)F)c2)c1=O)NCc1ccco1. The average Bonchev–Trinajstić information content (AvgIpc) is 3.38. The molecule has 0 bridgehead atoms. The number of nitrogens with zero attached hydrogens (tertiary/aromatic N) is 4. The summed E-state index contributed by atoms with van der Waals surface area (Å²) in [5.41, 5.74) is -1.18. The van der Waals surface area contributed by atoms with Crippen molar-refractivity contribution < 1.29 is 22.4 Å². The molecule has 0 fully saturated rings. The number of amides is 1. The largest absolute Gasteiger partial charge is 0.467 e. The van der Waals surface area contributed by atoms with Crippen molar-refractivity contribution in [1.29, 1.82) is 0 Å². The summed E-state index contributed by atoms with van der Waals surface area (Å²) in [7, 11) is 0. The fourth-order valence-electron chi connectivity index (χ4n) is 2.87. The van der Waals surface area contributed by atoms with Crippen LogP contribution in [0.3, 0.4) is 0 Å². The highest BCUT2D eigenvalue weighted by Crippen LogP contribution is 2.30. The number of alkyl halides is 3. The van der Waals surface area contributed by atoms with Crippen molar-refractivity contribution >= 4 is 16.9 Å². The van der Waals surface area contributed by atoms with Gasteiger partial charge in [0, 0.05) is 0 Å². The monoisotopic (exact) mass is 417 g/mol. The van der Waals surface area contributed by atoms with Crippen LogP contribution in [0.25, 0.3) is 16.7 Å². The number of halogens is 3. The van der Waals surface area contributed by atoms with E-state index in [1.807, 2.05) is 0 Å². The van der Waals surface area contributed by atoms with E-state index in [1.165, 1.54) is 24.6 Å². The number of carbonyl (C=O) groups is 1. The van der Waals surface area contributed by atoms with Gasteiger partial charge in [0.2, 0.25) is 5.91 Å². The molecule has 1 N–H and O–H groups in total. The van der Waals surface area contributed by atoms with Gasteiger partial charge in [-0.25, -0.2) is 9.67 Å². The Balaban J connectivity index is 1.59. The van der Waals surface area contributed by atoms with Crippen LogP contribution in [0.1, 0.15) is 11.3 Å². The predicted octanol–water partition coefficient (Wildman–Crippen LogP) is 2.51. The van der Waals surface area contributed by atoms with Crippen LogP contribution in [-0.2, 0) is 24.1 Å². The van der Waals surface area contributed by atoms with E-state index in [2.05, 4.69) is 15.4 Å². The standard InChI is InChI=1S/C19H14F3N5O3/c20-19(21,22)12-3-1-4-13(7-12)27-17-15(9-25-27)18(29)26(11-24-17)10-16(28)23-8-14-5-2-6-30-14/h1-7,9,11H,8,10H2,(H,23,28). The quantitative estimate of drug-likeness (QED) is 0.539. The van der Waals surface area contributed by atoms with E-state index in [0.717, 1.165) is 27.7 Å². The van der Waals surface area contributed by atoms with Crippen LogP contribution in [0.15, 0.2) is 64.4 Å². The van der Waals surface area contributed by atoms with Crippen molar-refractivity contribution in [3.8, 4) is 5.69 Å². The number of fused-ring (bicyclic) bond motifs is 1. The molecule has 0 aliphatic rings. The van der Waals surface area contributed by atoms with Gasteiger partial charge in [-0.2, -0.15) is 18.3 Å². The lowest BCUT2D eigenvalue weighted by Gasteiger charge is -2.09. The minimum absolute atomic E-state index is 0.0775. The van der Waals surface area contributed by atoms with E-state index in [4.69, 9.17) is 4.42 Å². The number of hydrogen-bond acceptors (Lipinski definition) is 5. The van der Waals surface area contributed by atoms with Crippen LogP contribution in [0.2, 0.25) is 0 Å². The molecule has 0 aliphatic heterocycles. The van der Waals surface area contributed by atoms with E-state index in [0.29, 0.717) is 5.76 Å². The number of nitrogens with one attached hydrogen (secondary N) is 1. The first-order valence-electron chi connectivity index (χ1n) is 8.73. The highest BCUT2D eigenvalue weighted by Gasteiger charge is 2.30. The number of benzene rings is 1. The fourth-order valence-corrected chi connectivity index (χ4v) is 2.87. The van der Waals surface area contributed by atoms with Crippen molar-refractivity contribution in [2.45, 2.75) is 19.3 Å². The van der Waals surface area contributed by atoms with Crippen molar-refractivity contribution in [2.75, 3.05) is 0 Å². The van der Waals surface area contributed by atoms with E-state index in [1.54, 1.807) is 12.1 Å². The Hall–Kier alpha value is -3.89. The molecule has 0 unspecified atom stereocenters. The van der Waals surface area contributed by atoms with Crippen LogP contribution in [0.5, 0.6) is 0 Å². The molecule has 0 atom stereocenters. The van der Waals surface area contributed by atoms with Gasteiger partial charge in [-0.1, -0.05) is 6.07 Å². The zero-order valence-electron chi connectivity index (χ0n) is 15.3. The summed E-state index contributed by atoms with van der Waals surface area (Å²) in [4.78, 5) is 28.9. The van der Waals surface area contributed by atoms with Gasteiger partial charge in [-0.15, -0.1) is 0 Å². The molecule has 11 heteroatoms.